The van der Waals surface area contributed by atoms with Crippen LogP contribution < -0.4 is 4.31 Å². The van der Waals surface area contributed by atoms with Crippen LogP contribution in [0.15, 0.2) is 70.0 Å². The van der Waals surface area contributed by atoms with Crippen molar-refractivity contribution in [2.45, 2.75) is 18.0 Å². The van der Waals surface area contributed by atoms with Gasteiger partial charge in [0.25, 0.3) is 10.0 Å². The van der Waals surface area contributed by atoms with E-state index in [-0.39, 0.29) is 29.3 Å². The van der Waals surface area contributed by atoms with Crippen LogP contribution in [0.1, 0.15) is 27.0 Å². The van der Waals surface area contributed by atoms with Gasteiger partial charge in [-0.15, -0.1) is 0 Å². The van der Waals surface area contributed by atoms with E-state index in [9.17, 15) is 18.5 Å². The molecule has 0 saturated heterocycles. The fourth-order valence-corrected chi connectivity index (χ4v) is 5.56. The van der Waals surface area contributed by atoms with Crippen molar-refractivity contribution in [1.82, 2.24) is 0 Å². The third kappa shape index (κ3) is 4.04. The second-order valence-electron chi connectivity index (χ2n) is 6.77. The first-order chi connectivity index (χ1) is 14.8. The summed E-state index contributed by atoms with van der Waals surface area (Å²) in [6.45, 7) is 0.0642. The number of carbonyl (C=O) groups excluding carboxylic acids is 1. The van der Waals surface area contributed by atoms with Crippen molar-refractivity contribution in [3.63, 3.8) is 0 Å². The summed E-state index contributed by atoms with van der Waals surface area (Å²) < 4.78 is 34.2. The number of nitrogens with zero attached hydrogens (tertiary/aromatic N) is 2. The highest BCUT2D eigenvalue weighted by molar-refractivity contribution is 9.10. The number of benzene rings is 3. The topological polar surface area (TPSA) is 87.5 Å². The Labute approximate surface area is 192 Å². The number of hydrogen-bond donors (Lipinski definition) is 0. The maximum atomic E-state index is 13.7. The Morgan fingerprint density at radius 2 is 1.90 bits per heavy atom. The molecule has 0 saturated carbocycles. The van der Waals surface area contributed by atoms with Gasteiger partial charge in [0.1, 0.15) is 6.61 Å². The molecule has 6 nitrogen and oxygen atoms in total. The van der Waals surface area contributed by atoms with Gasteiger partial charge in [0.15, 0.2) is 0 Å². The molecule has 0 atom stereocenters. The van der Waals surface area contributed by atoms with Crippen molar-refractivity contribution in [3.8, 4) is 6.07 Å². The summed E-state index contributed by atoms with van der Waals surface area (Å²) in [5.74, 6) is -0.500. The lowest BCUT2D eigenvalue weighted by atomic mass is 10.1. The van der Waals surface area contributed by atoms with Crippen LogP contribution in [0.25, 0.3) is 0 Å². The molecule has 1 aliphatic rings. The summed E-state index contributed by atoms with van der Waals surface area (Å²) in [6, 6.07) is 17.7. The monoisotopic (exact) mass is 516 g/mol. The molecule has 3 aromatic carbocycles. The zero-order chi connectivity index (χ0) is 22.2. The number of nitriles is 1. The fraction of sp³-hybridized carbons (Fsp3) is 0.0909. The molecule has 1 heterocycles. The fourth-order valence-electron chi connectivity index (χ4n) is 3.25. The second kappa shape index (κ2) is 8.35. The first-order valence-corrected chi connectivity index (χ1v) is 11.7. The molecule has 3 aromatic rings. The highest BCUT2D eigenvalue weighted by Crippen LogP contribution is 2.34. The van der Waals surface area contributed by atoms with E-state index in [1.165, 1.54) is 34.6 Å². The van der Waals surface area contributed by atoms with Crippen LogP contribution in [-0.2, 0) is 27.9 Å². The Hall–Kier alpha value is -2.86. The first kappa shape index (κ1) is 21.4. The average Bonchev–Trinajstić information content (AvgIpc) is 3.13. The number of carbonyl (C=O) groups is 1. The molecule has 0 aromatic heterocycles. The van der Waals surface area contributed by atoms with E-state index < -0.39 is 16.0 Å². The molecule has 31 heavy (non-hydrogen) atoms. The van der Waals surface area contributed by atoms with E-state index in [1.807, 2.05) is 6.07 Å². The van der Waals surface area contributed by atoms with Gasteiger partial charge in [0.05, 0.1) is 34.3 Å². The van der Waals surface area contributed by atoms with Crippen molar-refractivity contribution in [2.24, 2.45) is 0 Å². The van der Waals surface area contributed by atoms with Gasteiger partial charge in [0.2, 0.25) is 0 Å². The van der Waals surface area contributed by atoms with Crippen LogP contribution in [0.2, 0.25) is 5.02 Å². The highest BCUT2D eigenvalue weighted by atomic mass is 79.9. The van der Waals surface area contributed by atoms with Gasteiger partial charge in [-0.2, -0.15) is 5.26 Å². The van der Waals surface area contributed by atoms with Gasteiger partial charge >= 0.3 is 5.97 Å². The van der Waals surface area contributed by atoms with Gasteiger partial charge in [0, 0.05) is 20.6 Å². The molecule has 9 heteroatoms. The van der Waals surface area contributed by atoms with E-state index in [0.29, 0.717) is 26.2 Å². The highest BCUT2D eigenvalue weighted by Gasteiger charge is 2.29. The molecule has 0 radical (unpaired) electrons. The van der Waals surface area contributed by atoms with E-state index in [2.05, 4.69) is 15.9 Å². The number of ether oxygens (including phenoxy) is 1. The van der Waals surface area contributed by atoms with Crippen molar-refractivity contribution >= 4 is 49.2 Å². The third-order valence-electron chi connectivity index (χ3n) is 4.87. The van der Waals surface area contributed by atoms with Gasteiger partial charge < -0.3 is 4.74 Å². The Balaban J connectivity index is 1.88. The maximum absolute atomic E-state index is 13.7. The molecule has 4 rings (SSSR count). The van der Waals surface area contributed by atoms with E-state index in [1.54, 1.807) is 30.3 Å². The smallest absolute Gasteiger partial charge is 0.338 e. The Kier molecular flexibility index (Phi) is 5.75. The zero-order valence-electron chi connectivity index (χ0n) is 15.9. The Morgan fingerprint density at radius 1 is 1.13 bits per heavy atom. The Morgan fingerprint density at radius 3 is 2.65 bits per heavy atom. The van der Waals surface area contributed by atoms with Crippen LogP contribution in [0.5, 0.6) is 0 Å². The molecule has 0 aliphatic carbocycles. The van der Waals surface area contributed by atoms with Gasteiger partial charge in [-0.3, -0.25) is 4.31 Å². The number of fused-ring (bicyclic) bond motifs is 1. The molecule has 0 amide bonds. The predicted octanol–water partition coefficient (Wildman–Crippen LogP) is 5.04. The zero-order valence-corrected chi connectivity index (χ0v) is 19.0. The summed E-state index contributed by atoms with van der Waals surface area (Å²) in [4.78, 5) is 12.0. The minimum Gasteiger partial charge on any atom is -0.457 e. The van der Waals surface area contributed by atoms with Crippen molar-refractivity contribution in [2.75, 3.05) is 4.31 Å². The largest absolute Gasteiger partial charge is 0.457 e. The minimum absolute atomic E-state index is 0.0437. The summed E-state index contributed by atoms with van der Waals surface area (Å²) in [5, 5.41) is 9.58. The van der Waals surface area contributed by atoms with E-state index in [0.717, 1.165) is 0 Å². The van der Waals surface area contributed by atoms with Crippen LogP contribution >= 0.6 is 27.5 Å². The third-order valence-corrected chi connectivity index (χ3v) is 7.74. The van der Waals surface area contributed by atoms with Crippen molar-refractivity contribution in [3.05, 3.63) is 92.4 Å². The number of esters is 1. The summed E-state index contributed by atoms with van der Waals surface area (Å²) >= 11 is 9.78. The number of sulfonamides is 1. The molecule has 0 unspecified atom stereocenters. The standard InChI is InChI=1S/C22H14BrClN2O4S/c23-20-5-2-6-21(24)19(20)12-26(16-8-7-15-13-30-22(27)18(15)10-16)31(28,29)17-4-1-3-14(9-17)11-25/h1-10H,12-13H2. The lowest BCUT2D eigenvalue weighted by Gasteiger charge is -2.26. The molecule has 0 N–H and O–H groups in total. The van der Waals surface area contributed by atoms with Crippen molar-refractivity contribution < 1.29 is 17.9 Å². The number of hydrogen-bond acceptors (Lipinski definition) is 5. The van der Waals surface area contributed by atoms with Crippen LogP contribution in [0, 0.1) is 11.3 Å². The number of rotatable bonds is 5. The molecular weight excluding hydrogens is 504 g/mol. The van der Waals surface area contributed by atoms with Gasteiger partial charge in [-0.25, -0.2) is 13.2 Å². The minimum atomic E-state index is -4.10. The molecule has 1 aliphatic heterocycles. The molecule has 156 valence electrons. The quantitative estimate of drug-likeness (QED) is 0.443. The lowest BCUT2D eigenvalue weighted by Crippen LogP contribution is -2.31. The predicted molar refractivity (Wildman–Crippen MR) is 119 cm³/mol. The molecular formula is C22H14BrClN2O4S. The van der Waals surface area contributed by atoms with E-state index >= 15 is 0 Å². The first-order valence-electron chi connectivity index (χ1n) is 9.07. The average molecular weight is 518 g/mol. The Bertz CT molecular complexity index is 1330. The summed E-state index contributed by atoms with van der Waals surface area (Å²) in [5.41, 5.74) is 2.08. The number of halogens is 2. The number of cyclic esters (lactones) is 1. The van der Waals surface area contributed by atoms with Crippen LogP contribution in [0.3, 0.4) is 0 Å². The lowest BCUT2D eigenvalue weighted by molar-refractivity contribution is 0.0535. The molecule has 0 spiro atoms. The van der Waals surface area contributed by atoms with Gasteiger partial charge in [-0.1, -0.05) is 45.7 Å². The maximum Gasteiger partial charge on any atom is 0.338 e. The molecule has 0 fully saturated rings. The van der Waals surface area contributed by atoms with Gasteiger partial charge in [-0.05, 0) is 42.5 Å². The van der Waals surface area contributed by atoms with E-state index in [4.69, 9.17) is 16.3 Å². The number of anilines is 1. The molecule has 0 bridgehead atoms. The normalized spacial score (nSPS) is 12.7. The van der Waals surface area contributed by atoms with Crippen LogP contribution in [-0.4, -0.2) is 14.4 Å². The second-order valence-corrected chi connectivity index (χ2v) is 9.89. The van der Waals surface area contributed by atoms with Crippen LogP contribution in [0.4, 0.5) is 5.69 Å². The SMILES string of the molecule is N#Cc1cccc(S(=O)(=O)N(Cc2c(Cl)cccc2Br)c2ccc3c(c2)C(=O)OC3)c1. The summed E-state index contributed by atoms with van der Waals surface area (Å²) in [6.07, 6.45) is 0. The summed E-state index contributed by atoms with van der Waals surface area (Å²) in [7, 11) is -4.10. The van der Waals surface area contributed by atoms with Crippen molar-refractivity contribution in [1.29, 1.82) is 5.26 Å².